The predicted octanol–water partition coefficient (Wildman–Crippen LogP) is 5.46. The summed E-state index contributed by atoms with van der Waals surface area (Å²) >= 11 is 0. The Bertz CT molecular complexity index is 1360. The zero-order valence-corrected chi connectivity index (χ0v) is 20.4. The minimum absolute atomic E-state index is 0.0275. The van der Waals surface area contributed by atoms with Crippen LogP contribution < -0.4 is 5.32 Å². The molecule has 3 N–H and O–H groups in total. The van der Waals surface area contributed by atoms with Crippen molar-refractivity contribution in [3.05, 3.63) is 107 Å². The van der Waals surface area contributed by atoms with Crippen LogP contribution in [0, 0.1) is 5.92 Å². The third-order valence-electron chi connectivity index (χ3n) is 7.37. The molecule has 4 aromatic rings. The molecule has 0 bridgehead atoms. The van der Waals surface area contributed by atoms with Crippen molar-refractivity contribution in [2.45, 2.75) is 25.3 Å². The molecule has 1 amide bonds. The molecule has 3 atom stereocenters. The van der Waals surface area contributed by atoms with Crippen LogP contribution in [0.3, 0.4) is 0 Å². The van der Waals surface area contributed by atoms with E-state index in [1.807, 2.05) is 11.0 Å². The van der Waals surface area contributed by atoms with Gasteiger partial charge in [0, 0.05) is 25.7 Å². The van der Waals surface area contributed by atoms with Crippen molar-refractivity contribution in [3.63, 3.8) is 0 Å². The summed E-state index contributed by atoms with van der Waals surface area (Å²) in [5.41, 5.74) is 2.91. The molecular weight excluding hydrogens is 450 g/mol. The molecule has 6 nitrogen and oxygen atoms in total. The molecule has 0 spiro atoms. The first-order chi connectivity index (χ1) is 17.5. The van der Waals surface area contributed by atoms with Crippen molar-refractivity contribution >= 4 is 22.6 Å². The van der Waals surface area contributed by atoms with Gasteiger partial charge in [0.15, 0.2) is 0 Å². The van der Waals surface area contributed by atoms with Crippen molar-refractivity contribution in [2.75, 3.05) is 19.6 Å². The summed E-state index contributed by atoms with van der Waals surface area (Å²) in [7, 11) is 0. The Morgan fingerprint density at radius 1 is 0.972 bits per heavy atom. The number of carbonyl (C=O) groups excluding carboxylic acids is 1. The van der Waals surface area contributed by atoms with Crippen molar-refractivity contribution < 1.29 is 14.7 Å². The van der Waals surface area contributed by atoms with E-state index in [1.54, 1.807) is 6.07 Å². The molecule has 2 heterocycles. The SMILES string of the molecule is C[C@@H](NCC1CN(C(=O)c2ccc(C(=O)O)[nH]2)CCC1c1ccccc1)c1cccc2ccccc12. The summed E-state index contributed by atoms with van der Waals surface area (Å²) in [4.78, 5) is 29.1. The van der Waals surface area contributed by atoms with E-state index in [0.717, 1.165) is 13.0 Å². The first-order valence-corrected chi connectivity index (χ1v) is 12.5. The number of carbonyl (C=O) groups is 2. The Morgan fingerprint density at radius 2 is 1.69 bits per heavy atom. The second-order valence-corrected chi connectivity index (χ2v) is 9.61. The van der Waals surface area contributed by atoms with Crippen LogP contribution in [0.2, 0.25) is 0 Å². The smallest absolute Gasteiger partial charge is 0.352 e. The number of carboxylic acid groups (broad SMARTS) is 1. The second kappa shape index (κ2) is 10.4. The highest BCUT2D eigenvalue weighted by atomic mass is 16.4. The second-order valence-electron chi connectivity index (χ2n) is 9.61. The molecule has 1 aliphatic rings. The van der Waals surface area contributed by atoms with Gasteiger partial charge in [-0.05, 0) is 59.2 Å². The van der Waals surface area contributed by atoms with Gasteiger partial charge in [-0.2, -0.15) is 0 Å². The monoisotopic (exact) mass is 481 g/mol. The minimum Gasteiger partial charge on any atom is -0.477 e. The summed E-state index contributed by atoms with van der Waals surface area (Å²) in [5, 5.41) is 15.4. The number of amides is 1. The first-order valence-electron chi connectivity index (χ1n) is 12.5. The van der Waals surface area contributed by atoms with E-state index in [1.165, 1.54) is 28.0 Å². The van der Waals surface area contributed by atoms with Crippen LogP contribution in [0.25, 0.3) is 10.8 Å². The topological polar surface area (TPSA) is 85.4 Å². The van der Waals surface area contributed by atoms with E-state index >= 15 is 0 Å². The van der Waals surface area contributed by atoms with Gasteiger partial charge < -0.3 is 20.3 Å². The molecule has 184 valence electrons. The number of nitrogens with zero attached hydrogens (tertiary/aromatic N) is 1. The van der Waals surface area contributed by atoms with Crippen LogP contribution in [0.15, 0.2) is 84.9 Å². The lowest BCUT2D eigenvalue weighted by Gasteiger charge is -2.39. The van der Waals surface area contributed by atoms with Gasteiger partial charge in [0.05, 0.1) is 0 Å². The van der Waals surface area contributed by atoms with Crippen LogP contribution in [0.5, 0.6) is 0 Å². The molecule has 0 saturated carbocycles. The Balaban J connectivity index is 1.35. The van der Waals surface area contributed by atoms with E-state index in [4.69, 9.17) is 0 Å². The molecule has 1 aromatic heterocycles. The minimum atomic E-state index is -1.07. The van der Waals surface area contributed by atoms with Gasteiger partial charge in [0.25, 0.3) is 5.91 Å². The molecular formula is C30H31N3O3. The Kier molecular flexibility index (Phi) is 6.87. The van der Waals surface area contributed by atoms with Crippen LogP contribution in [-0.4, -0.2) is 46.5 Å². The van der Waals surface area contributed by atoms with E-state index < -0.39 is 5.97 Å². The van der Waals surface area contributed by atoms with Gasteiger partial charge >= 0.3 is 5.97 Å². The van der Waals surface area contributed by atoms with Gasteiger partial charge in [-0.1, -0.05) is 72.8 Å². The number of likely N-dealkylation sites (tertiary alicyclic amines) is 1. The average Bonchev–Trinajstić information content (AvgIpc) is 3.42. The Morgan fingerprint density at radius 3 is 2.47 bits per heavy atom. The number of hydrogen-bond donors (Lipinski definition) is 3. The highest BCUT2D eigenvalue weighted by molar-refractivity contribution is 5.95. The summed E-state index contributed by atoms with van der Waals surface area (Å²) in [6, 6.07) is 28.5. The molecule has 1 saturated heterocycles. The molecule has 2 unspecified atom stereocenters. The van der Waals surface area contributed by atoms with Crippen LogP contribution in [0.1, 0.15) is 57.4 Å². The number of piperidine rings is 1. The number of carboxylic acids is 1. The van der Waals surface area contributed by atoms with Crippen molar-refractivity contribution in [1.82, 2.24) is 15.2 Å². The maximum absolute atomic E-state index is 13.2. The van der Waals surface area contributed by atoms with Crippen LogP contribution >= 0.6 is 0 Å². The van der Waals surface area contributed by atoms with Gasteiger partial charge in [-0.15, -0.1) is 0 Å². The number of aromatic nitrogens is 1. The molecule has 1 fully saturated rings. The maximum Gasteiger partial charge on any atom is 0.352 e. The van der Waals surface area contributed by atoms with Gasteiger partial charge in [0.2, 0.25) is 0 Å². The zero-order valence-electron chi connectivity index (χ0n) is 20.4. The lowest BCUT2D eigenvalue weighted by molar-refractivity contribution is 0.0640. The number of nitrogens with one attached hydrogen (secondary N) is 2. The Hall–Kier alpha value is -3.90. The number of benzene rings is 3. The molecule has 0 aliphatic carbocycles. The first kappa shape index (κ1) is 23.8. The van der Waals surface area contributed by atoms with Crippen LogP contribution in [-0.2, 0) is 0 Å². The molecule has 6 heteroatoms. The third kappa shape index (κ3) is 4.90. The summed E-state index contributed by atoms with van der Waals surface area (Å²) in [5.74, 6) is -0.667. The van der Waals surface area contributed by atoms with E-state index in [9.17, 15) is 14.7 Å². The molecule has 0 radical (unpaired) electrons. The molecule has 5 rings (SSSR count). The summed E-state index contributed by atoms with van der Waals surface area (Å²) in [6.07, 6.45) is 0.858. The van der Waals surface area contributed by atoms with Crippen molar-refractivity contribution in [2.24, 2.45) is 5.92 Å². The average molecular weight is 482 g/mol. The third-order valence-corrected chi connectivity index (χ3v) is 7.37. The summed E-state index contributed by atoms with van der Waals surface area (Å²) < 4.78 is 0. The normalized spacial score (nSPS) is 18.8. The quantitative estimate of drug-likeness (QED) is 0.327. The van der Waals surface area contributed by atoms with Crippen LogP contribution in [0.4, 0.5) is 0 Å². The fourth-order valence-corrected chi connectivity index (χ4v) is 5.44. The fraction of sp³-hybridized carbons (Fsp3) is 0.267. The number of rotatable bonds is 7. The maximum atomic E-state index is 13.2. The van der Waals surface area contributed by atoms with Gasteiger partial charge in [-0.3, -0.25) is 4.79 Å². The number of hydrogen-bond acceptors (Lipinski definition) is 3. The number of aromatic amines is 1. The molecule has 3 aromatic carbocycles. The Labute approximate surface area is 211 Å². The highest BCUT2D eigenvalue weighted by Gasteiger charge is 2.33. The van der Waals surface area contributed by atoms with Crippen molar-refractivity contribution in [3.8, 4) is 0 Å². The van der Waals surface area contributed by atoms with E-state index in [-0.39, 0.29) is 23.6 Å². The number of H-pyrrole nitrogens is 1. The largest absolute Gasteiger partial charge is 0.477 e. The molecule has 36 heavy (non-hydrogen) atoms. The van der Waals surface area contributed by atoms with E-state index in [2.05, 4.69) is 84.0 Å². The highest BCUT2D eigenvalue weighted by Crippen LogP contribution is 2.34. The number of aromatic carboxylic acids is 1. The number of fused-ring (bicyclic) bond motifs is 1. The van der Waals surface area contributed by atoms with Crippen molar-refractivity contribution in [1.29, 1.82) is 0 Å². The standard InChI is InChI=1S/C30H31N3O3/c1-20(24-13-7-11-22-10-5-6-12-26(22)24)31-18-23-19-33(17-16-25(23)21-8-3-2-4-9-21)29(34)27-14-15-28(32-27)30(35)36/h2-15,20,23,25,31-32H,16-19H2,1H3,(H,35,36)/t20-,23?,25?/m1/s1. The lowest BCUT2D eigenvalue weighted by atomic mass is 9.80. The summed E-state index contributed by atoms with van der Waals surface area (Å²) in [6.45, 7) is 4.19. The molecule has 1 aliphatic heterocycles. The zero-order chi connectivity index (χ0) is 25.1. The van der Waals surface area contributed by atoms with Gasteiger partial charge in [-0.25, -0.2) is 4.79 Å². The van der Waals surface area contributed by atoms with Gasteiger partial charge in [0.1, 0.15) is 11.4 Å². The predicted molar refractivity (Wildman–Crippen MR) is 141 cm³/mol. The lowest BCUT2D eigenvalue weighted by Crippen LogP contribution is -2.46. The fourth-order valence-electron chi connectivity index (χ4n) is 5.44. The van der Waals surface area contributed by atoms with E-state index in [0.29, 0.717) is 24.7 Å².